The molecule has 3 aliphatic rings. The Hall–Kier alpha value is -1.55. The van der Waals surface area contributed by atoms with Gasteiger partial charge in [-0.25, -0.2) is 0 Å². The van der Waals surface area contributed by atoms with Gasteiger partial charge in [0.1, 0.15) is 0 Å². The highest BCUT2D eigenvalue weighted by atomic mass is 16.2. The smallest absolute Gasteiger partial charge is 0.234 e. The number of anilines is 1. The number of nitrogens with zero attached hydrogens (tertiary/aromatic N) is 2. The fourth-order valence-corrected chi connectivity index (χ4v) is 4.68. The number of para-hydroxylation sites is 1. The van der Waals surface area contributed by atoms with Gasteiger partial charge in [-0.2, -0.15) is 0 Å². The number of carbonyl (C=O) groups is 1. The Morgan fingerprint density at radius 1 is 1.04 bits per heavy atom. The zero-order valence-electron chi connectivity index (χ0n) is 13.8. The SMILES string of the molecule is O=C(CN1CCN(c2ccccc2)CC1)N[C@H]1C[C@@H]2CC[C@H]1C2. The zero-order chi connectivity index (χ0) is 15.6. The van der Waals surface area contributed by atoms with E-state index in [1.165, 1.54) is 31.4 Å². The first-order chi connectivity index (χ1) is 11.3. The second kappa shape index (κ2) is 6.52. The van der Waals surface area contributed by atoms with Crippen LogP contribution >= 0.6 is 0 Å². The summed E-state index contributed by atoms with van der Waals surface area (Å²) in [6.45, 7) is 4.52. The molecule has 0 spiro atoms. The number of rotatable bonds is 4. The van der Waals surface area contributed by atoms with Gasteiger partial charge in [0.05, 0.1) is 6.54 Å². The molecule has 1 heterocycles. The molecule has 1 N–H and O–H groups in total. The molecule has 0 unspecified atom stereocenters. The Bertz CT molecular complexity index is 539. The van der Waals surface area contributed by atoms with Crippen molar-refractivity contribution in [1.82, 2.24) is 10.2 Å². The number of hydrogen-bond acceptors (Lipinski definition) is 3. The van der Waals surface area contributed by atoms with Gasteiger partial charge >= 0.3 is 0 Å². The van der Waals surface area contributed by atoms with Crippen molar-refractivity contribution in [2.24, 2.45) is 11.8 Å². The maximum Gasteiger partial charge on any atom is 0.234 e. The van der Waals surface area contributed by atoms with Crippen molar-refractivity contribution in [2.75, 3.05) is 37.6 Å². The Balaban J connectivity index is 1.22. The van der Waals surface area contributed by atoms with Gasteiger partial charge in [0.25, 0.3) is 0 Å². The molecule has 1 amide bonds. The van der Waals surface area contributed by atoms with Gasteiger partial charge in [-0.05, 0) is 43.2 Å². The lowest BCUT2D eigenvalue weighted by Crippen LogP contribution is -2.51. The molecule has 1 saturated heterocycles. The minimum absolute atomic E-state index is 0.232. The van der Waals surface area contributed by atoms with E-state index in [0.717, 1.165) is 38.0 Å². The van der Waals surface area contributed by atoms with Crippen LogP contribution in [0.5, 0.6) is 0 Å². The third-order valence-electron chi connectivity index (χ3n) is 5.95. The number of carbonyl (C=O) groups excluding carboxylic acids is 1. The summed E-state index contributed by atoms with van der Waals surface area (Å²) in [6.07, 6.45) is 5.28. The Morgan fingerprint density at radius 2 is 1.83 bits per heavy atom. The molecule has 4 rings (SSSR count). The summed E-state index contributed by atoms with van der Waals surface area (Å²) in [5.41, 5.74) is 1.29. The largest absolute Gasteiger partial charge is 0.369 e. The van der Waals surface area contributed by atoms with Crippen molar-refractivity contribution in [3.05, 3.63) is 30.3 Å². The van der Waals surface area contributed by atoms with Crippen LogP contribution < -0.4 is 10.2 Å². The van der Waals surface area contributed by atoms with Crippen LogP contribution in [0.3, 0.4) is 0 Å². The topological polar surface area (TPSA) is 35.6 Å². The second-order valence-electron chi connectivity index (χ2n) is 7.45. The van der Waals surface area contributed by atoms with Crippen LogP contribution in [0.2, 0.25) is 0 Å². The van der Waals surface area contributed by atoms with E-state index < -0.39 is 0 Å². The monoisotopic (exact) mass is 313 g/mol. The number of nitrogens with one attached hydrogen (secondary N) is 1. The summed E-state index contributed by atoms with van der Waals surface area (Å²) in [4.78, 5) is 17.0. The highest BCUT2D eigenvalue weighted by Crippen LogP contribution is 2.44. The summed E-state index contributed by atoms with van der Waals surface area (Å²) < 4.78 is 0. The lowest BCUT2D eigenvalue weighted by atomic mass is 9.95. The Kier molecular flexibility index (Phi) is 4.25. The molecule has 2 bridgehead atoms. The van der Waals surface area contributed by atoms with Crippen molar-refractivity contribution in [2.45, 2.75) is 31.7 Å². The molecule has 3 fully saturated rings. The number of benzene rings is 1. The Labute approximate surface area is 138 Å². The van der Waals surface area contributed by atoms with Crippen molar-refractivity contribution >= 4 is 11.6 Å². The summed E-state index contributed by atoms with van der Waals surface area (Å²) in [7, 11) is 0. The summed E-state index contributed by atoms with van der Waals surface area (Å²) >= 11 is 0. The first-order valence-corrected chi connectivity index (χ1v) is 9.09. The molecule has 23 heavy (non-hydrogen) atoms. The molecule has 4 heteroatoms. The molecule has 2 saturated carbocycles. The summed E-state index contributed by atoms with van der Waals surface area (Å²) in [5.74, 6) is 1.88. The van der Waals surface area contributed by atoms with E-state index in [0.29, 0.717) is 12.6 Å². The highest BCUT2D eigenvalue weighted by Gasteiger charge is 2.40. The maximum absolute atomic E-state index is 12.3. The second-order valence-corrected chi connectivity index (χ2v) is 7.45. The van der Waals surface area contributed by atoms with Gasteiger partial charge in [0.2, 0.25) is 5.91 Å². The standard InChI is InChI=1S/C19H27N3O/c23-19(20-18-13-15-6-7-16(18)12-15)14-21-8-10-22(11-9-21)17-4-2-1-3-5-17/h1-5,15-16,18H,6-14H2,(H,20,23)/t15-,16+,18+/m1/s1. The average Bonchev–Trinajstić information content (AvgIpc) is 3.19. The minimum Gasteiger partial charge on any atom is -0.369 e. The van der Waals surface area contributed by atoms with Crippen molar-refractivity contribution in [1.29, 1.82) is 0 Å². The van der Waals surface area contributed by atoms with E-state index in [1.807, 2.05) is 0 Å². The first kappa shape index (κ1) is 15.0. The van der Waals surface area contributed by atoms with Crippen LogP contribution in [-0.2, 0) is 4.79 Å². The molecule has 3 atom stereocenters. The van der Waals surface area contributed by atoms with Crippen LogP contribution in [0.1, 0.15) is 25.7 Å². The summed E-state index contributed by atoms with van der Waals surface area (Å²) in [5, 5.41) is 3.31. The van der Waals surface area contributed by atoms with Crippen LogP contribution in [0.15, 0.2) is 30.3 Å². The van der Waals surface area contributed by atoms with Gasteiger partial charge in [-0.3, -0.25) is 9.69 Å². The number of hydrogen-bond donors (Lipinski definition) is 1. The predicted octanol–water partition coefficient (Wildman–Crippen LogP) is 2.11. The summed E-state index contributed by atoms with van der Waals surface area (Å²) in [6, 6.07) is 11.0. The van der Waals surface area contributed by atoms with E-state index in [9.17, 15) is 4.79 Å². The molecule has 1 aromatic carbocycles. The lowest BCUT2D eigenvalue weighted by Gasteiger charge is -2.36. The van der Waals surface area contributed by atoms with Crippen molar-refractivity contribution in [3.8, 4) is 0 Å². The number of fused-ring (bicyclic) bond motifs is 2. The minimum atomic E-state index is 0.232. The van der Waals surface area contributed by atoms with E-state index in [4.69, 9.17) is 0 Å². The van der Waals surface area contributed by atoms with Gasteiger partial charge in [0.15, 0.2) is 0 Å². The maximum atomic E-state index is 12.3. The highest BCUT2D eigenvalue weighted by molar-refractivity contribution is 5.78. The third-order valence-corrected chi connectivity index (χ3v) is 5.95. The molecule has 1 aromatic rings. The van der Waals surface area contributed by atoms with Gasteiger partial charge in [0, 0.05) is 37.9 Å². The first-order valence-electron chi connectivity index (χ1n) is 9.09. The zero-order valence-corrected chi connectivity index (χ0v) is 13.8. The van der Waals surface area contributed by atoms with Crippen LogP contribution in [-0.4, -0.2) is 49.6 Å². The predicted molar refractivity (Wildman–Crippen MR) is 92.5 cm³/mol. The van der Waals surface area contributed by atoms with Gasteiger partial charge < -0.3 is 10.2 Å². The van der Waals surface area contributed by atoms with Gasteiger partial charge in [-0.15, -0.1) is 0 Å². The van der Waals surface area contributed by atoms with Crippen LogP contribution in [0.25, 0.3) is 0 Å². The van der Waals surface area contributed by atoms with E-state index in [-0.39, 0.29) is 5.91 Å². The molecule has 124 valence electrons. The fourth-order valence-electron chi connectivity index (χ4n) is 4.68. The quantitative estimate of drug-likeness (QED) is 0.925. The van der Waals surface area contributed by atoms with Crippen LogP contribution in [0.4, 0.5) is 5.69 Å². The van der Waals surface area contributed by atoms with E-state index in [2.05, 4.69) is 45.4 Å². The molecular formula is C19H27N3O. The van der Waals surface area contributed by atoms with Crippen molar-refractivity contribution in [3.63, 3.8) is 0 Å². The number of amides is 1. The number of piperazine rings is 1. The van der Waals surface area contributed by atoms with Crippen molar-refractivity contribution < 1.29 is 4.79 Å². The van der Waals surface area contributed by atoms with Gasteiger partial charge in [-0.1, -0.05) is 24.6 Å². The lowest BCUT2D eigenvalue weighted by molar-refractivity contribution is -0.123. The van der Waals surface area contributed by atoms with Crippen LogP contribution in [0, 0.1) is 11.8 Å². The normalized spacial score (nSPS) is 30.6. The van der Waals surface area contributed by atoms with E-state index >= 15 is 0 Å². The Morgan fingerprint density at radius 3 is 2.48 bits per heavy atom. The third kappa shape index (κ3) is 3.37. The molecule has 0 radical (unpaired) electrons. The molecule has 0 aromatic heterocycles. The molecular weight excluding hydrogens is 286 g/mol. The molecule has 1 aliphatic heterocycles. The van der Waals surface area contributed by atoms with E-state index in [1.54, 1.807) is 0 Å². The average molecular weight is 313 g/mol. The fraction of sp³-hybridized carbons (Fsp3) is 0.632. The molecule has 2 aliphatic carbocycles. The molecule has 4 nitrogen and oxygen atoms in total.